The van der Waals surface area contributed by atoms with Gasteiger partial charge in [-0.15, -0.1) is 5.10 Å². The van der Waals surface area contributed by atoms with Gasteiger partial charge in [-0.25, -0.2) is 0 Å². The summed E-state index contributed by atoms with van der Waals surface area (Å²) in [5, 5.41) is 11.0. The van der Waals surface area contributed by atoms with Gasteiger partial charge in [-0.05, 0) is 32.0 Å². The highest BCUT2D eigenvalue weighted by atomic mass is 16.4. The molecule has 0 aliphatic heterocycles. The van der Waals surface area contributed by atoms with Crippen molar-refractivity contribution in [3.8, 4) is 11.5 Å². The topological polar surface area (TPSA) is 100 Å². The van der Waals surface area contributed by atoms with Crippen LogP contribution < -0.4 is 5.32 Å². The number of aromatic nitrogens is 3. The highest BCUT2D eigenvalue weighted by Gasteiger charge is 2.15. The fraction of sp³-hybridized carbons (Fsp3) is 0.312. The van der Waals surface area contributed by atoms with Gasteiger partial charge in [-0.2, -0.15) is 0 Å². The van der Waals surface area contributed by atoms with Crippen LogP contribution in [0.5, 0.6) is 0 Å². The highest BCUT2D eigenvalue weighted by Crippen LogP contribution is 2.26. The van der Waals surface area contributed by atoms with E-state index in [0.29, 0.717) is 24.1 Å². The smallest absolute Gasteiger partial charge is 0.316 e. The van der Waals surface area contributed by atoms with E-state index >= 15 is 0 Å². The molecule has 3 aromatic rings. The van der Waals surface area contributed by atoms with Gasteiger partial charge < -0.3 is 24.0 Å². The minimum Gasteiger partial charge on any atom is -0.466 e. The molecule has 0 atom stereocenters. The molecule has 3 aromatic heterocycles. The Hall–Kier alpha value is -3.03. The van der Waals surface area contributed by atoms with Gasteiger partial charge in [0.05, 0.1) is 12.1 Å². The minimum atomic E-state index is -0.0767. The van der Waals surface area contributed by atoms with E-state index < -0.39 is 0 Å². The van der Waals surface area contributed by atoms with Gasteiger partial charge in [0.15, 0.2) is 0 Å². The maximum Gasteiger partial charge on any atom is 0.316 e. The van der Waals surface area contributed by atoms with Gasteiger partial charge in [-0.1, -0.05) is 5.10 Å². The summed E-state index contributed by atoms with van der Waals surface area (Å²) in [6.45, 7) is 4.15. The maximum absolute atomic E-state index is 11.9. The molecule has 1 amide bonds. The minimum absolute atomic E-state index is 0.0767. The molecule has 0 unspecified atom stereocenters. The Morgan fingerprint density at radius 3 is 2.71 bits per heavy atom. The Morgan fingerprint density at radius 1 is 1.25 bits per heavy atom. The summed E-state index contributed by atoms with van der Waals surface area (Å²) in [6.07, 6.45) is 0. The number of nitrogens with zero attached hydrogens (tertiary/aromatic N) is 3. The quantitative estimate of drug-likeness (QED) is 0.746. The van der Waals surface area contributed by atoms with Crippen LogP contribution in [0, 0.1) is 13.8 Å². The van der Waals surface area contributed by atoms with Crippen LogP contribution in [-0.4, -0.2) is 40.1 Å². The first-order valence-corrected chi connectivity index (χ1v) is 7.48. The molecule has 24 heavy (non-hydrogen) atoms. The number of nitrogens with one attached hydrogen (secondary N) is 2. The fourth-order valence-electron chi connectivity index (χ4n) is 2.33. The molecule has 0 bridgehead atoms. The SMILES string of the molecule is Cc1cc(-c2nnc(NCc3ccc(C(=O)N(C)C)[nH]3)o2)c(C)o1. The summed E-state index contributed by atoms with van der Waals surface area (Å²) in [5.41, 5.74) is 2.16. The zero-order valence-corrected chi connectivity index (χ0v) is 14.0. The van der Waals surface area contributed by atoms with Crippen molar-refractivity contribution >= 4 is 11.9 Å². The number of carbonyl (C=O) groups is 1. The van der Waals surface area contributed by atoms with E-state index in [0.717, 1.165) is 22.8 Å². The number of anilines is 1. The second-order valence-corrected chi connectivity index (χ2v) is 5.69. The number of hydrogen-bond donors (Lipinski definition) is 2. The molecule has 0 aliphatic carbocycles. The Labute approximate surface area is 138 Å². The largest absolute Gasteiger partial charge is 0.466 e. The molecule has 126 valence electrons. The van der Waals surface area contributed by atoms with Crippen LogP contribution in [0.3, 0.4) is 0 Å². The number of aromatic amines is 1. The second-order valence-electron chi connectivity index (χ2n) is 5.69. The first kappa shape index (κ1) is 15.9. The van der Waals surface area contributed by atoms with Crippen LogP contribution in [0.15, 0.2) is 27.0 Å². The summed E-state index contributed by atoms with van der Waals surface area (Å²) in [4.78, 5) is 16.4. The number of furan rings is 1. The van der Waals surface area contributed by atoms with Gasteiger partial charge in [-0.3, -0.25) is 4.79 Å². The summed E-state index contributed by atoms with van der Waals surface area (Å²) in [7, 11) is 3.42. The molecule has 0 saturated carbocycles. The first-order chi connectivity index (χ1) is 11.4. The number of rotatable bonds is 5. The van der Waals surface area contributed by atoms with Crippen LogP contribution in [-0.2, 0) is 6.54 Å². The molecule has 0 fully saturated rings. The zero-order chi connectivity index (χ0) is 17.3. The van der Waals surface area contributed by atoms with Crippen molar-refractivity contribution in [3.05, 3.63) is 41.1 Å². The molecule has 0 aromatic carbocycles. The summed E-state index contributed by atoms with van der Waals surface area (Å²) >= 11 is 0. The first-order valence-electron chi connectivity index (χ1n) is 7.48. The van der Waals surface area contributed by atoms with Gasteiger partial charge in [0.25, 0.3) is 11.8 Å². The standard InChI is InChI=1S/C16H19N5O3/c1-9-7-12(10(2)23-9)14-19-20-16(24-14)17-8-11-5-6-13(18-11)15(22)21(3)4/h5-7,18H,8H2,1-4H3,(H,17,20). The van der Waals surface area contributed by atoms with Crippen LogP contribution in [0.25, 0.3) is 11.5 Å². The number of hydrogen-bond acceptors (Lipinski definition) is 6. The summed E-state index contributed by atoms with van der Waals surface area (Å²) in [5.74, 6) is 1.85. The lowest BCUT2D eigenvalue weighted by Crippen LogP contribution is -2.22. The molecular weight excluding hydrogens is 310 g/mol. The van der Waals surface area contributed by atoms with E-state index in [-0.39, 0.29) is 5.91 Å². The van der Waals surface area contributed by atoms with Gasteiger partial charge in [0.1, 0.15) is 17.2 Å². The third-order valence-corrected chi connectivity index (χ3v) is 3.51. The van der Waals surface area contributed by atoms with Crippen molar-refractivity contribution in [1.29, 1.82) is 0 Å². The van der Waals surface area contributed by atoms with Gasteiger partial charge in [0, 0.05) is 19.8 Å². The van der Waals surface area contributed by atoms with E-state index in [9.17, 15) is 4.79 Å². The lowest BCUT2D eigenvalue weighted by Gasteiger charge is -2.07. The Bertz CT molecular complexity index is 859. The van der Waals surface area contributed by atoms with Crippen molar-refractivity contribution in [2.24, 2.45) is 0 Å². The second kappa shape index (κ2) is 6.23. The normalized spacial score (nSPS) is 10.8. The van der Waals surface area contributed by atoms with Crippen LogP contribution in [0.1, 0.15) is 27.7 Å². The van der Waals surface area contributed by atoms with E-state index in [2.05, 4.69) is 20.5 Å². The lowest BCUT2D eigenvalue weighted by molar-refractivity contribution is 0.0822. The number of aryl methyl sites for hydroxylation is 2. The van der Waals surface area contributed by atoms with Crippen molar-refractivity contribution < 1.29 is 13.6 Å². The van der Waals surface area contributed by atoms with E-state index in [1.54, 1.807) is 20.2 Å². The number of H-pyrrole nitrogens is 1. The third kappa shape index (κ3) is 3.17. The van der Waals surface area contributed by atoms with Crippen LogP contribution >= 0.6 is 0 Å². The molecule has 0 saturated heterocycles. The summed E-state index contributed by atoms with van der Waals surface area (Å²) in [6, 6.07) is 5.75. The van der Waals surface area contributed by atoms with Crippen molar-refractivity contribution in [1.82, 2.24) is 20.1 Å². The zero-order valence-electron chi connectivity index (χ0n) is 14.0. The molecule has 3 rings (SSSR count). The van der Waals surface area contributed by atoms with Gasteiger partial charge in [0.2, 0.25) is 0 Å². The number of carbonyl (C=O) groups excluding carboxylic acids is 1. The average Bonchev–Trinajstić information content (AvgIpc) is 3.24. The maximum atomic E-state index is 11.9. The third-order valence-electron chi connectivity index (χ3n) is 3.51. The van der Waals surface area contributed by atoms with Crippen LogP contribution in [0.2, 0.25) is 0 Å². The average molecular weight is 329 g/mol. The predicted molar refractivity (Wildman–Crippen MR) is 87.6 cm³/mol. The lowest BCUT2D eigenvalue weighted by atomic mass is 10.2. The molecule has 3 heterocycles. The van der Waals surface area contributed by atoms with Crippen LogP contribution in [0.4, 0.5) is 6.01 Å². The Kier molecular flexibility index (Phi) is 4.11. The Balaban J connectivity index is 1.66. The van der Waals surface area contributed by atoms with E-state index in [1.165, 1.54) is 4.90 Å². The molecule has 0 spiro atoms. The van der Waals surface area contributed by atoms with Crippen molar-refractivity contribution in [2.45, 2.75) is 20.4 Å². The molecule has 0 aliphatic rings. The van der Waals surface area contributed by atoms with Gasteiger partial charge >= 0.3 is 6.01 Å². The van der Waals surface area contributed by atoms with Crippen molar-refractivity contribution in [3.63, 3.8) is 0 Å². The monoisotopic (exact) mass is 329 g/mol. The molecule has 2 N–H and O–H groups in total. The van der Waals surface area contributed by atoms with E-state index in [1.807, 2.05) is 26.0 Å². The molecule has 8 heteroatoms. The Morgan fingerprint density at radius 2 is 2.04 bits per heavy atom. The molecular formula is C16H19N5O3. The van der Waals surface area contributed by atoms with E-state index in [4.69, 9.17) is 8.83 Å². The summed E-state index contributed by atoms with van der Waals surface area (Å²) < 4.78 is 11.1. The highest BCUT2D eigenvalue weighted by molar-refractivity contribution is 5.92. The fourth-order valence-corrected chi connectivity index (χ4v) is 2.33. The molecule has 0 radical (unpaired) electrons. The molecule has 8 nitrogen and oxygen atoms in total. The number of amides is 1. The predicted octanol–water partition coefficient (Wildman–Crippen LogP) is 2.59. The van der Waals surface area contributed by atoms with Crippen molar-refractivity contribution in [2.75, 3.05) is 19.4 Å².